The summed E-state index contributed by atoms with van der Waals surface area (Å²) in [6.45, 7) is 0. The van der Waals surface area contributed by atoms with Crippen LogP contribution in [0.15, 0.2) is 48.5 Å². The lowest BCUT2D eigenvalue weighted by molar-refractivity contribution is -0.128. The van der Waals surface area contributed by atoms with Gasteiger partial charge in [-0.1, -0.05) is 18.2 Å². The molecular weight excluding hydrogens is 284 g/mol. The molecule has 0 fully saturated rings. The van der Waals surface area contributed by atoms with E-state index in [-0.39, 0.29) is 11.5 Å². The molecule has 0 radical (unpaired) electrons. The number of hydrogen-bond acceptors (Lipinski definition) is 5. The monoisotopic (exact) mass is 300 g/mol. The van der Waals surface area contributed by atoms with Gasteiger partial charge in [0.25, 0.3) is 0 Å². The zero-order valence-electron chi connectivity index (χ0n) is 12.3. The van der Waals surface area contributed by atoms with Gasteiger partial charge in [0.1, 0.15) is 5.75 Å². The maximum atomic E-state index is 11.8. The third-order valence-electron chi connectivity index (χ3n) is 2.91. The van der Waals surface area contributed by atoms with Gasteiger partial charge in [0.2, 0.25) is 5.75 Å². The fourth-order valence-corrected chi connectivity index (χ4v) is 1.88. The van der Waals surface area contributed by atoms with Crippen molar-refractivity contribution in [3.63, 3.8) is 0 Å². The molecule has 0 aliphatic heterocycles. The van der Waals surface area contributed by atoms with Gasteiger partial charge in [-0.05, 0) is 30.3 Å². The van der Waals surface area contributed by atoms with Crippen LogP contribution in [0.4, 0.5) is 0 Å². The number of methoxy groups -OCH3 is 2. The van der Waals surface area contributed by atoms with E-state index in [1.54, 1.807) is 36.4 Å². The van der Waals surface area contributed by atoms with E-state index in [4.69, 9.17) is 14.2 Å². The summed E-state index contributed by atoms with van der Waals surface area (Å²) in [5.41, 5.74) is 0.533. The quantitative estimate of drug-likeness (QED) is 0.522. The SMILES string of the molecule is COc1ccc(C=CC(=O)Oc2ccccc2)c(OC)c1O. The summed E-state index contributed by atoms with van der Waals surface area (Å²) in [6.07, 6.45) is 2.76. The Morgan fingerprint density at radius 3 is 2.41 bits per heavy atom. The number of carbonyl (C=O) groups is 1. The molecule has 0 aliphatic carbocycles. The first-order valence-corrected chi connectivity index (χ1v) is 6.54. The van der Waals surface area contributed by atoms with Crippen molar-refractivity contribution < 1.29 is 24.1 Å². The van der Waals surface area contributed by atoms with Crippen molar-refractivity contribution in [2.24, 2.45) is 0 Å². The van der Waals surface area contributed by atoms with Crippen LogP contribution in [0.25, 0.3) is 6.08 Å². The number of phenolic OH excluding ortho intramolecular Hbond substituents is 1. The van der Waals surface area contributed by atoms with E-state index in [2.05, 4.69) is 0 Å². The zero-order valence-corrected chi connectivity index (χ0v) is 12.3. The predicted octanol–water partition coefficient (Wildman–Crippen LogP) is 3.03. The highest BCUT2D eigenvalue weighted by Crippen LogP contribution is 2.39. The van der Waals surface area contributed by atoms with Gasteiger partial charge in [0.15, 0.2) is 11.5 Å². The Morgan fingerprint density at radius 2 is 1.77 bits per heavy atom. The lowest BCUT2D eigenvalue weighted by Gasteiger charge is -2.10. The van der Waals surface area contributed by atoms with Gasteiger partial charge >= 0.3 is 5.97 Å². The van der Waals surface area contributed by atoms with Crippen LogP contribution in [0, 0.1) is 0 Å². The molecule has 0 amide bonds. The van der Waals surface area contributed by atoms with Crippen LogP contribution in [0.3, 0.4) is 0 Å². The van der Waals surface area contributed by atoms with E-state index < -0.39 is 5.97 Å². The van der Waals surface area contributed by atoms with Gasteiger partial charge in [0, 0.05) is 11.6 Å². The maximum Gasteiger partial charge on any atom is 0.336 e. The molecule has 5 nitrogen and oxygen atoms in total. The summed E-state index contributed by atoms with van der Waals surface area (Å²) in [5, 5.41) is 9.97. The van der Waals surface area contributed by atoms with Crippen LogP contribution in [0.5, 0.6) is 23.0 Å². The first-order chi connectivity index (χ1) is 10.7. The van der Waals surface area contributed by atoms with Gasteiger partial charge in [-0.25, -0.2) is 4.79 Å². The number of carbonyl (C=O) groups excluding carboxylic acids is 1. The number of phenols is 1. The van der Waals surface area contributed by atoms with Crippen LogP contribution in [-0.4, -0.2) is 25.3 Å². The molecule has 0 unspecified atom stereocenters. The van der Waals surface area contributed by atoms with Crippen LogP contribution in [0.2, 0.25) is 0 Å². The Balaban J connectivity index is 2.16. The minimum atomic E-state index is -0.524. The Morgan fingerprint density at radius 1 is 1.05 bits per heavy atom. The Labute approximate surface area is 128 Å². The van der Waals surface area contributed by atoms with Crippen molar-refractivity contribution in [2.45, 2.75) is 0 Å². The number of para-hydroxylation sites is 1. The summed E-state index contributed by atoms with van der Waals surface area (Å²) in [4.78, 5) is 11.8. The summed E-state index contributed by atoms with van der Waals surface area (Å²) in [6, 6.07) is 12.0. The minimum Gasteiger partial charge on any atom is -0.502 e. The molecule has 0 spiro atoms. The highest BCUT2D eigenvalue weighted by Gasteiger charge is 2.12. The highest BCUT2D eigenvalue weighted by molar-refractivity contribution is 5.89. The molecule has 22 heavy (non-hydrogen) atoms. The Hall–Kier alpha value is -2.95. The van der Waals surface area contributed by atoms with Crippen molar-refractivity contribution in [1.82, 2.24) is 0 Å². The zero-order chi connectivity index (χ0) is 15.9. The largest absolute Gasteiger partial charge is 0.502 e. The first kappa shape index (κ1) is 15.4. The molecule has 0 heterocycles. The number of benzene rings is 2. The molecule has 1 N–H and O–H groups in total. The second kappa shape index (κ2) is 7.17. The standard InChI is InChI=1S/C17H16O5/c1-20-14-10-8-12(17(21-2)16(14)19)9-11-15(18)22-13-6-4-3-5-7-13/h3-11,19H,1-2H3. The smallest absolute Gasteiger partial charge is 0.336 e. The van der Waals surface area contributed by atoms with Crippen LogP contribution in [-0.2, 0) is 4.79 Å². The van der Waals surface area contributed by atoms with Gasteiger partial charge < -0.3 is 19.3 Å². The number of rotatable bonds is 5. The highest BCUT2D eigenvalue weighted by atomic mass is 16.5. The van der Waals surface area contributed by atoms with E-state index in [1.807, 2.05) is 6.07 Å². The van der Waals surface area contributed by atoms with Crippen molar-refractivity contribution >= 4 is 12.0 Å². The van der Waals surface area contributed by atoms with Crippen LogP contribution in [0.1, 0.15) is 5.56 Å². The van der Waals surface area contributed by atoms with Crippen molar-refractivity contribution in [3.8, 4) is 23.0 Å². The number of ether oxygens (including phenoxy) is 3. The molecule has 114 valence electrons. The average Bonchev–Trinajstić information content (AvgIpc) is 2.54. The predicted molar refractivity (Wildman–Crippen MR) is 82.3 cm³/mol. The fraction of sp³-hybridized carbons (Fsp3) is 0.118. The molecule has 0 bridgehead atoms. The summed E-state index contributed by atoms with van der Waals surface area (Å²) in [5.74, 6) is 0.331. The maximum absolute atomic E-state index is 11.8. The average molecular weight is 300 g/mol. The van der Waals surface area contributed by atoms with Gasteiger partial charge in [-0.3, -0.25) is 0 Å². The number of hydrogen-bond donors (Lipinski definition) is 1. The fourth-order valence-electron chi connectivity index (χ4n) is 1.88. The Kier molecular flexibility index (Phi) is 5.03. The van der Waals surface area contributed by atoms with E-state index >= 15 is 0 Å². The second-order valence-electron chi connectivity index (χ2n) is 4.31. The van der Waals surface area contributed by atoms with Gasteiger partial charge in [0.05, 0.1) is 14.2 Å². The lowest BCUT2D eigenvalue weighted by atomic mass is 10.1. The number of esters is 1. The molecule has 5 heteroatoms. The van der Waals surface area contributed by atoms with E-state index in [0.29, 0.717) is 17.1 Å². The molecule has 0 saturated carbocycles. The lowest BCUT2D eigenvalue weighted by Crippen LogP contribution is -2.03. The minimum absolute atomic E-state index is 0.122. The normalized spacial score (nSPS) is 10.5. The van der Waals surface area contributed by atoms with Crippen LogP contribution < -0.4 is 14.2 Å². The first-order valence-electron chi connectivity index (χ1n) is 6.54. The van der Waals surface area contributed by atoms with E-state index in [9.17, 15) is 9.90 Å². The van der Waals surface area contributed by atoms with E-state index in [1.165, 1.54) is 26.4 Å². The van der Waals surface area contributed by atoms with Gasteiger partial charge in [-0.2, -0.15) is 0 Å². The summed E-state index contributed by atoms with van der Waals surface area (Å²) < 4.78 is 15.3. The van der Waals surface area contributed by atoms with Crippen molar-refractivity contribution in [2.75, 3.05) is 14.2 Å². The third-order valence-corrected chi connectivity index (χ3v) is 2.91. The topological polar surface area (TPSA) is 65.0 Å². The van der Waals surface area contributed by atoms with Crippen LogP contribution >= 0.6 is 0 Å². The third kappa shape index (κ3) is 3.58. The summed E-state index contributed by atoms with van der Waals surface area (Å²) in [7, 11) is 2.87. The molecule has 2 rings (SSSR count). The Bertz CT molecular complexity index is 677. The molecule has 2 aromatic carbocycles. The number of aromatic hydroxyl groups is 1. The molecule has 2 aromatic rings. The summed E-state index contributed by atoms with van der Waals surface area (Å²) >= 11 is 0. The second-order valence-corrected chi connectivity index (χ2v) is 4.31. The molecule has 0 saturated heterocycles. The molecule has 0 aromatic heterocycles. The van der Waals surface area contributed by atoms with E-state index in [0.717, 1.165) is 0 Å². The van der Waals surface area contributed by atoms with Crippen molar-refractivity contribution in [3.05, 3.63) is 54.1 Å². The van der Waals surface area contributed by atoms with Gasteiger partial charge in [-0.15, -0.1) is 0 Å². The van der Waals surface area contributed by atoms with Crippen molar-refractivity contribution in [1.29, 1.82) is 0 Å². The molecule has 0 atom stereocenters. The molecule has 0 aliphatic rings. The molecular formula is C17H16O5.